The molecule has 3 aromatic rings. The van der Waals surface area contributed by atoms with Crippen LogP contribution in [0.25, 0.3) is 0 Å². The first-order chi connectivity index (χ1) is 18.0. The minimum absolute atomic E-state index is 0.109. The smallest absolute Gasteiger partial charge is 0.222 e. The van der Waals surface area contributed by atoms with Gasteiger partial charge in [0.05, 0.1) is 13.0 Å². The van der Waals surface area contributed by atoms with Crippen LogP contribution in [-0.2, 0) is 11.3 Å². The molecule has 1 amide bonds. The second-order valence-corrected chi connectivity index (χ2v) is 10.9. The number of ether oxygens (including phenoxy) is 1. The van der Waals surface area contributed by atoms with Crippen LogP contribution < -0.4 is 15.8 Å². The summed E-state index contributed by atoms with van der Waals surface area (Å²) < 4.78 is 5.73. The van der Waals surface area contributed by atoms with Crippen LogP contribution in [0.3, 0.4) is 0 Å². The molecule has 3 aromatic carbocycles. The van der Waals surface area contributed by atoms with E-state index in [1.54, 1.807) is 7.11 Å². The molecule has 194 valence electrons. The average molecular weight is 498 g/mol. The first-order valence-electron chi connectivity index (χ1n) is 13.5. The van der Waals surface area contributed by atoms with Crippen LogP contribution in [0, 0.1) is 11.8 Å². The number of carbonyl (C=O) groups is 1. The standard InChI is InChI=1S/C32H39N3O2/c1-21(2)24-14-15-28(37-3)25(18-24)19-34-30-26-16-17-35(20-27(26)32(33)36)31(30)29(22-10-6-4-7-11-22)23-12-8-5-9-13-23/h4-15,18,21,26-27,29-31,34H,16-17,19-20H2,1-3H3,(H2,33,36). The first-order valence-corrected chi connectivity index (χ1v) is 13.5. The largest absolute Gasteiger partial charge is 0.496 e. The van der Waals surface area contributed by atoms with Crippen molar-refractivity contribution < 1.29 is 9.53 Å². The number of fused-ring (bicyclic) bond motifs is 3. The third-order valence-electron chi connectivity index (χ3n) is 8.47. The van der Waals surface area contributed by atoms with E-state index in [1.165, 1.54) is 16.7 Å². The lowest BCUT2D eigenvalue weighted by atomic mass is 9.66. The van der Waals surface area contributed by atoms with Crippen LogP contribution in [0.2, 0.25) is 0 Å². The second kappa shape index (κ2) is 11.1. The highest BCUT2D eigenvalue weighted by molar-refractivity contribution is 5.77. The molecule has 0 spiro atoms. The topological polar surface area (TPSA) is 67.6 Å². The van der Waals surface area contributed by atoms with Crippen molar-refractivity contribution in [2.24, 2.45) is 17.6 Å². The molecule has 3 aliphatic rings. The molecular weight excluding hydrogens is 458 g/mol. The molecule has 0 radical (unpaired) electrons. The van der Waals surface area contributed by atoms with E-state index in [1.807, 2.05) is 0 Å². The highest BCUT2D eigenvalue weighted by atomic mass is 16.5. The SMILES string of the molecule is COc1ccc(C(C)C)cc1CNC1C2CCN(CC2C(N)=O)C1C(c1ccccc1)c1ccccc1. The maximum atomic E-state index is 12.5. The molecule has 5 atom stereocenters. The van der Waals surface area contributed by atoms with E-state index in [2.05, 4.69) is 103 Å². The monoisotopic (exact) mass is 497 g/mol. The lowest BCUT2D eigenvalue weighted by Crippen LogP contribution is -2.68. The number of hydrogen-bond donors (Lipinski definition) is 2. The lowest BCUT2D eigenvalue weighted by molar-refractivity contribution is -0.132. The van der Waals surface area contributed by atoms with Gasteiger partial charge in [-0.05, 0) is 47.6 Å². The van der Waals surface area contributed by atoms with Crippen LogP contribution in [0.5, 0.6) is 5.75 Å². The van der Waals surface area contributed by atoms with Gasteiger partial charge in [0.1, 0.15) is 5.75 Å². The molecular formula is C32H39N3O2. The number of benzene rings is 3. The highest BCUT2D eigenvalue weighted by Crippen LogP contribution is 2.44. The van der Waals surface area contributed by atoms with Gasteiger partial charge >= 0.3 is 0 Å². The van der Waals surface area contributed by atoms with E-state index in [-0.39, 0.29) is 35.7 Å². The Kier molecular flexibility index (Phi) is 7.63. The summed E-state index contributed by atoms with van der Waals surface area (Å²) in [6.07, 6.45) is 0.973. The molecule has 37 heavy (non-hydrogen) atoms. The van der Waals surface area contributed by atoms with Gasteiger partial charge in [-0.1, -0.05) is 86.6 Å². The van der Waals surface area contributed by atoms with Gasteiger partial charge in [0.2, 0.25) is 5.91 Å². The minimum Gasteiger partial charge on any atom is -0.496 e. The molecule has 3 fully saturated rings. The van der Waals surface area contributed by atoms with Crippen molar-refractivity contribution in [3.8, 4) is 5.75 Å². The lowest BCUT2D eigenvalue weighted by Gasteiger charge is -2.56. The number of primary amides is 1. The summed E-state index contributed by atoms with van der Waals surface area (Å²) in [5, 5.41) is 3.94. The van der Waals surface area contributed by atoms with Gasteiger partial charge < -0.3 is 15.8 Å². The number of piperidine rings is 3. The summed E-state index contributed by atoms with van der Waals surface area (Å²) in [5.41, 5.74) is 11.0. The van der Waals surface area contributed by atoms with Crippen molar-refractivity contribution in [2.75, 3.05) is 20.2 Å². The molecule has 3 aliphatic heterocycles. The summed E-state index contributed by atoms with van der Waals surface area (Å²) in [6, 6.07) is 28.4. The fourth-order valence-electron chi connectivity index (χ4n) is 6.60. The fourth-order valence-corrected chi connectivity index (χ4v) is 6.60. The summed E-state index contributed by atoms with van der Waals surface area (Å²) >= 11 is 0. The maximum absolute atomic E-state index is 12.5. The van der Waals surface area contributed by atoms with Gasteiger partial charge in [0.15, 0.2) is 0 Å². The van der Waals surface area contributed by atoms with Crippen LogP contribution in [-0.4, -0.2) is 43.1 Å². The average Bonchev–Trinajstić information content (AvgIpc) is 2.93. The fraction of sp³-hybridized carbons (Fsp3) is 0.406. The van der Waals surface area contributed by atoms with Crippen molar-refractivity contribution >= 4 is 5.91 Å². The third kappa shape index (κ3) is 5.16. The predicted octanol–water partition coefficient (Wildman–Crippen LogP) is 4.91. The van der Waals surface area contributed by atoms with Crippen molar-refractivity contribution in [1.82, 2.24) is 10.2 Å². The Balaban J connectivity index is 1.54. The van der Waals surface area contributed by atoms with Crippen LogP contribution >= 0.6 is 0 Å². The van der Waals surface area contributed by atoms with Crippen molar-refractivity contribution in [3.63, 3.8) is 0 Å². The van der Waals surface area contributed by atoms with Crippen molar-refractivity contribution in [2.45, 2.75) is 50.7 Å². The van der Waals surface area contributed by atoms with Crippen LogP contribution in [0.4, 0.5) is 0 Å². The Morgan fingerprint density at radius 1 is 1.00 bits per heavy atom. The molecule has 3 saturated heterocycles. The van der Waals surface area contributed by atoms with Crippen molar-refractivity contribution in [3.05, 3.63) is 101 Å². The molecule has 5 nitrogen and oxygen atoms in total. The third-order valence-corrected chi connectivity index (χ3v) is 8.47. The van der Waals surface area contributed by atoms with E-state index >= 15 is 0 Å². The molecule has 2 bridgehead atoms. The number of rotatable bonds is 9. The number of amides is 1. The molecule has 5 unspecified atom stereocenters. The van der Waals surface area contributed by atoms with Gasteiger partial charge in [0.25, 0.3) is 0 Å². The number of nitrogens with two attached hydrogens (primary N) is 1. The van der Waals surface area contributed by atoms with Crippen LogP contribution in [0.15, 0.2) is 78.9 Å². The Bertz CT molecular complexity index is 1160. The number of carbonyl (C=O) groups excluding carboxylic acids is 1. The zero-order valence-corrected chi connectivity index (χ0v) is 22.1. The van der Waals surface area contributed by atoms with E-state index < -0.39 is 0 Å². The quantitative estimate of drug-likeness (QED) is 0.441. The van der Waals surface area contributed by atoms with E-state index in [0.29, 0.717) is 12.5 Å². The van der Waals surface area contributed by atoms with Crippen LogP contribution in [0.1, 0.15) is 54.4 Å². The minimum atomic E-state index is -0.185. The molecule has 6 rings (SSSR count). The number of hydrogen-bond acceptors (Lipinski definition) is 4. The molecule has 0 saturated carbocycles. The van der Waals surface area contributed by atoms with E-state index in [9.17, 15) is 4.79 Å². The van der Waals surface area contributed by atoms with Gasteiger partial charge in [-0.15, -0.1) is 0 Å². The molecule has 0 aromatic heterocycles. The Hall–Kier alpha value is -3.15. The zero-order chi connectivity index (χ0) is 25.9. The summed E-state index contributed by atoms with van der Waals surface area (Å²) in [5.74, 6) is 1.38. The Morgan fingerprint density at radius 2 is 1.65 bits per heavy atom. The molecule has 5 heteroatoms. The normalized spacial score (nSPS) is 24.9. The Labute approximate surface area is 221 Å². The van der Waals surface area contributed by atoms with Gasteiger partial charge in [-0.2, -0.15) is 0 Å². The van der Waals surface area contributed by atoms with E-state index in [0.717, 1.165) is 30.8 Å². The van der Waals surface area contributed by atoms with E-state index in [4.69, 9.17) is 10.5 Å². The summed E-state index contributed by atoms with van der Waals surface area (Å²) in [7, 11) is 1.73. The number of methoxy groups -OCH3 is 1. The second-order valence-electron chi connectivity index (χ2n) is 10.9. The first kappa shape index (κ1) is 25.5. The molecule has 3 heterocycles. The number of nitrogens with zero attached hydrogens (tertiary/aromatic N) is 1. The molecule has 0 aliphatic carbocycles. The highest BCUT2D eigenvalue weighted by Gasteiger charge is 2.51. The Morgan fingerprint density at radius 3 is 2.22 bits per heavy atom. The summed E-state index contributed by atoms with van der Waals surface area (Å²) in [6.45, 7) is 6.82. The maximum Gasteiger partial charge on any atom is 0.222 e. The predicted molar refractivity (Wildman–Crippen MR) is 149 cm³/mol. The molecule has 3 N–H and O–H groups in total. The zero-order valence-electron chi connectivity index (χ0n) is 22.1. The summed E-state index contributed by atoms with van der Waals surface area (Å²) in [4.78, 5) is 15.1. The van der Waals surface area contributed by atoms with Gasteiger partial charge in [-0.3, -0.25) is 9.69 Å². The number of nitrogens with one attached hydrogen (secondary N) is 1. The van der Waals surface area contributed by atoms with Gasteiger partial charge in [-0.25, -0.2) is 0 Å². The van der Waals surface area contributed by atoms with Gasteiger partial charge in [0, 0.05) is 36.7 Å². The van der Waals surface area contributed by atoms with Crippen molar-refractivity contribution in [1.29, 1.82) is 0 Å².